The van der Waals surface area contributed by atoms with Crippen LogP contribution in [0.5, 0.6) is 0 Å². The Morgan fingerprint density at radius 1 is 1.18 bits per heavy atom. The summed E-state index contributed by atoms with van der Waals surface area (Å²) in [4.78, 5) is 26.1. The highest BCUT2D eigenvalue weighted by molar-refractivity contribution is 8.00. The van der Waals surface area contributed by atoms with Gasteiger partial charge < -0.3 is 5.32 Å². The largest absolute Gasteiger partial charge is 0.351 e. The Balaban J connectivity index is 1.95. The van der Waals surface area contributed by atoms with Crippen molar-refractivity contribution in [3.8, 4) is 0 Å². The number of benzene rings is 1. The summed E-state index contributed by atoms with van der Waals surface area (Å²) < 4.78 is 0. The number of thiophene rings is 1. The molecule has 5 heteroatoms. The molecule has 0 unspecified atom stereocenters. The molecule has 2 rings (SSSR count). The first-order valence-corrected chi connectivity index (χ1v) is 8.82. The molecule has 1 aromatic heterocycles. The SMILES string of the molecule is CC(=O)NCc1ccc(C(=O)CSc2cc(C)ccc2C)s1. The van der Waals surface area contributed by atoms with Gasteiger partial charge in [0, 0.05) is 16.7 Å². The monoisotopic (exact) mass is 333 g/mol. The van der Waals surface area contributed by atoms with E-state index in [1.54, 1.807) is 11.8 Å². The lowest BCUT2D eigenvalue weighted by atomic mass is 10.2. The standard InChI is InChI=1S/C17H19NO2S2/c1-11-4-5-12(2)17(8-11)21-10-15(20)16-7-6-14(22-16)9-18-13(3)19/h4-8H,9-10H2,1-3H3,(H,18,19). The maximum atomic E-state index is 12.3. The summed E-state index contributed by atoms with van der Waals surface area (Å²) in [5.74, 6) is 0.501. The Morgan fingerprint density at radius 2 is 1.95 bits per heavy atom. The number of hydrogen-bond acceptors (Lipinski definition) is 4. The average molecular weight is 333 g/mol. The quantitative estimate of drug-likeness (QED) is 0.642. The van der Waals surface area contributed by atoms with Gasteiger partial charge in [-0.1, -0.05) is 17.7 Å². The zero-order valence-corrected chi connectivity index (χ0v) is 14.6. The fourth-order valence-electron chi connectivity index (χ4n) is 1.91. The third-order valence-electron chi connectivity index (χ3n) is 3.15. The summed E-state index contributed by atoms with van der Waals surface area (Å²) in [7, 11) is 0. The van der Waals surface area contributed by atoms with E-state index in [1.165, 1.54) is 29.4 Å². The molecule has 0 spiro atoms. The molecular formula is C17H19NO2S2. The number of aryl methyl sites for hydroxylation is 2. The zero-order chi connectivity index (χ0) is 16.1. The van der Waals surface area contributed by atoms with Crippen LogP contribution in [0, 0.1) is 13.8 Å². The van der Waals surface area contributed by atoms with Crippen LogP contribution in [0.1, 0.15) is 32.6 Å². The highest BCUT2D eigenvalue weighted by Gasteiger charge is 2.11. The molecule has 0 saturated heterocycles. The van der Waals surface area contributed by atoms with E-state index in [0.29, 0.717) is 12.3 Å². The van der Waals surface area contributed by atoms with E-state index in [4.69, 9.17) is 0 Å². The maximum Gasteiger partial charge on any atom is 0.217 e. The van der Waals surface area contributed by atoms with E-state index >= 15 is 0 Å². The first kappa shape index (κ1) is 16.8. The van der Waals surface area contributed by atoms with Crippen LogP contribution in [0.25, 0.3) is 0 Å². The van der Waals surface area contributed by atoms with Gasteiger partial charge in [-0.15, -0.1) is 23.1 Å². The molecular weight excluding hydrogens is 314 g/mol. The lowest BCUT2D eigenvalue weighted by Gasteiger charge is -2.05. The molecule has 0 radical (unpaired) electrons. The second kappa shape index (κ2) is 7.61. The number of rotatable bonds is 6. The predicted molar refractivity (Wildman–Crippen MR) is 92.8 cm³/mol. The Morgan fingerprint density at radius 3 is 2.68 bits per heavy atom. The Hall–Kier alpha value is -1.59. The summed E-state index contributed by atoms with van der Waals surface area (Å²) >= 11 is 3.03. The molecule has 0 aliphatic carbocycles. The van der Waals surface area contributed by atoms with E-state index in [9.17, 15) is 9.59 Å². The van der Waals surface area contributed by atoms with Gasteiger partial charge >= 0.3 is 0 Å². The minimum Gasteiger partial charge on any atom is -0.351 e. The van der Waals surface area contributed by atoms with Gasteiger partial charge in [-0.3, -0.25) is 9.59 Å². The Bertz CT molecular complexity index is 692. The van der Waals surface area contributed by atoms with Gasteiger partial charge in [0.05, 0.1) is 17.2 Å². The first-order valence-electron chi connectivity index (χ1n) is 7.02. The minimum absolute atomic E-state index is 0.0632. The van der Waals surface area contributed by atoms with E-state index in [1.807, 2.05) is 12.1 Å². The minimum atomic E-state index is -0.0632. The highest BCUT2D eigenvalue weighted by Crippen LogP contribution is 2.26. The molecule has 1 aromatic carbocycles. The van der Waals surface area contributed by atoms with Crippen molar-refractivity contribution >= 4 is 34.8 Å². The van der Waals surface area contributed by atoms with Crippen LogP contribution in [-0.2, 0) is 11.3 Å². The zero-order valence-electron chi connectivity index (χ0n) is 12.9. The third kappa shape index (κ3) is 4.71. The second-order valence-corrected chi connectivity index (χ2v) is 7.34. The fraction of sp³-hybridized carbons (Fsp3) is 0.294. The van der Waals surface area contributed by atoms with Crippen molar-refractivity contribution in [2.75, 3.05) is 5.75 Å². The van der Waals surface area contributed by atoms with Crippen LogP contribution in [0.15, 0.2) is 35.2 Å². The van der Waals surface area contributed by atoms with Gasteiger partial charge in [0.25, 0.3) is 0 Å². The van der Waals surface area contributed by atoms with Crippen LogP contribution in [0.4, 0.5) is 0 Å². The van der Waals surface area contributed by atoms with Gasteiger partial charge in [0.1, 0.15) is 0 Å². The molecule has 1 amide bonds. The molecule has 2 aromatic rings. The summed E-state index contributed by atoms with van der Waals surface area (Å²) in [6.45, 7) is 6.08. The molecule has 0 saturated carbocycles. The van der Waals surface area contributed by atoms with Gasteiger partial charge in [0.15, 0.2) is 5.78 Å². The molecule has 1 heterocycles. The Kier molecular flexibility index (Phi) is 5.80. The first-order chi connectivity index (χ1) is 10.5. The van der Waals surface area contributed by atoms with Crippen molar-refractivity contribution in [3.05, 3.63) is 51.2 Å². The smallest absolute Gasteiger partial charge is 0.217 e. The van der Waals surface area contributed by atoms with Gasteiger partial charge in [-0.05, 0) is 37.6 Å². The number of thioether (sulfide) groups is 1. The van der Waals surface area contributed by atoms with Crippen LogP contribution in [0.3, 0.4) is 0 Å². The second-order valence-electron chi connectivity index (χ2n) is 5.16. The van der Waals surface area contributed by atoms with E-state index < -0.39 is 0 Å². The van der Waals surface area contributed by atoms with E-state index in [2.05, 4.69) is 37.4 Å². The normalized spacial score (nSPS) is 10.5. The van der Waals surface area contributed by atoms with Crippen molar-refractivity contribution in [2.45, 2.75) is 32.2 Å². The fourth-order valence-corrected chi connectivity index (χ4v) is 3.89. The van der Waals surface area contributed by atoms with E-state index in [0.717, 1.165) is 14.6 Å². The van der Waals surface area contributed by atoms with E-state index in [-0.39, 0.29) is 11.7 Å². The average Bonchev–Trinajstić information content (AvgIpc) is 2.94. The van der Waals surface area contributed by atoms with Crippen molar-refractivity contribution in [2.24, 2.45) is 0 Å². The summed E-state index contributed by atoms with van der Waals surface area (Å²) in [6.07, 6.45) is 0. The maximum absolute atomic E-state index is 12.3. The topological polar surface area (TPSA) is 46.2 Å². The van der Waals surface area contributed by atoms with Crippen molar-refractivity contribution in [1.29, 1.82) is 0 Å². The number of Topliss-reactive ketones (excluding diaryl/α,β-unsaturated/α-hetero) is 1. The summed E-state index contributed by atoms with van der Waals surface area (Å²) in [5.41, 5.74) is 2.40. The lowest BCUT2D eigenvalue weighted by Crippen LogP contribution is -2.18. The van der Waals surface area contributed by atoms with Gasteiger partial charge in [0.2, 0.25) is 5.91 Å². The molecule has 0 atom stereocenters. The van der Waals surface area contributed by atoms with Crippen molar-refractivity contribution in [1.82, 2.24) is 5.32 Å². The predicted octanol–water partition coefficient (Wildman–Crippen LogP) is 3.98. The number of carbonyl (C=O) groups excluding carboxylic acids is 2. The third-order valence-corrected chi connectivity index (χ3v) is 5.43. The molecule has 0 bridgehead atoms. The number of nitrogens with one attached hydrogen (secondary N) is 1. The van der Waals surface area contributed by atoms with Gasteiger partial charge in [-0.25, -0.2) is 0 Å². The summed E-state index contributed by atoms with van der Waals surface area (Å²) in [5, 5.41) is 2.74. The van der Waals surface area contributed by atoms with Gasteiger partial charge in [-0.2, -0.15) is 0 Å². The van der Waals surface area contributed by atoms with Crippen LogP contribution in [0.2, 0.25) is 0 Å². The summed E-state index contributed by atoms with van der Waals surface area (Å²) in [6, 6.07) is 10.0. The van der Waals surface area contributed by atoms with Crippen LogP contribution >= 0.6 is 23.1 Å². The Labute approximate surface area is 139 Å². The number of hydrogen-bond donors (Lipinski definition) is 1. The molecule has 116 valence electrons. The number of amides is 1. The molecule has 0 fully saturated rings. The van der Waals surface area contributed by atoms with Crippen molar-refractivity contribution < 1.29 is 9.59 Å². The molecule has 1 N–H and O–H groups in total. The van der Waals surface area contributed by atoms with Crippen molar-refractivity contribution in [3.63, 3.8) is 0 Å². The highest BCUT2D eigenvalue weighted by atomic mass is 32.2. The number of ketones is 1. The molecule has 0 aliphatic rings. The molecule has 0 aliphatic heterocycles. The van der Waals surface area contributed by atoms with Crippen LogP contribution < -0.4 is 5.32 Å². The molecule has 3 nitrogen and oxygen atoms in total. The van der Waals surface area contributed by atoms with Crippen LogP contribution in [-0.4, -0.2) is 17.4 Å². The molecule has 22 heavy (non-hydrogen) atoms. The number of carbonyl (C=O) groups is 2. The lowest BCUT2D eigenvalue weighted by molar-refractivity contribution is -0.119.